The van der Waals surface area contributed by atoms with Crippen LogP contribution < -0.4 is 0 Å². The van der Waals surface area contributed by atoms with E-state index in [1.165, 1.54) is 5.56 Å². The van der Waals surface area contributed by atoms with Gasteiger partial charge in [-0.1, -0.05) is 37.3 Å². The number of β-amino-alcohol motifs (C(OH)–C–C–N with tert-alkyl or cyclic N) is 1. The van der Waals surface area contributed by atoms with Crippen LogP contribution in [0.25, 0.3) is 0 Å². The minimum absolute atomic E-state index is 0.555. The first-order valence-electron chi connectivity index (χ1n) is 6.31. The van der Waals surface area contributed by atoms with E-state index in [0.717, 1.165) is 13.1 Å². The van der Waals surface area contributed by atoms with Gasteiger partial charge in [-0.3, -0.25) is 4.90 Å². The number of aliphatic hydroxyl groups excluding tert-OH is 1. The van der Waals surface area contributed by atoms with Crippen LogP contribution in [-0.2, 0) is 6.54 Å². The molecule has 0 aromatic heterocycles. The normalized spacial score (nSPS) is 30.4. The van der Waals surface area contributed by atoms with Crippen LogP contribution in [0.4, 0.5) is 0 Å². The Morgan fingerprint density at radius 2 is 2.06 bits per heavy atom. The van der Waals surface area contributed by atoms with Gasteiger partial charge >= 0.3 is 0 Å². The van der Waals surface area contributed by atoms with Crippen LogP contribution in [0.15, 0.2) is 30.3 Å². The third-order valence-corrected chi connectivity index (χ3v) is 3.70. The molecular formula is C14H21NO2. The van der Waals surface area contributed by atoms with Crippen LogP contribution in [0, 0.1) is 0 Å². The fourth-order valence-electron chi connectivity index (χ4n) is 2.47. The minimum atomic E-state index is -0.937. The van der Waals surface area contributed by atoms with Gasteiger partial charge in [0, 0.05) is 19.6 Å². The van der Waals surface area contributed by atoms with Crippen molar-refractivity contribution in [1.82, 2.24) is 4.90 Å². The summed E-state index contributed by atoms with van der Waals surface area (Å²) in [6.45, 7) is 4.17. The van der Waals surface area contributed by atoms with E-state index in [1.54, 1.807) is 0 Å². The van der Waals surface area contributed by atoms with Crippen LogP contribution in [0.3, 0.4) is 0 Å². The summed E-state index contributed by atoms with van der Waals surface area (Å²) < 4.78 is 0. The highest BCUT2D eigenvalue weighted by Crippen LogP contribution is 2.25. The number of benzene rings is 1. The third-order valence-electron chi connectivity index (χ3n) is 3.70. The van der Waals surface area contributed by atoms with E-state index in [1.807, 2.05) is 25.1 Å². The Balaban J connectivity index is 2.00. The summed E-state index contributed by atoms with van der Waals surface area (Å²) in [5.74, 6) is 0. The quantitative estimate of drug-likeness (QED) is 0.832. The fourth-order valence-corrected chi connectivity index (χ4v) is 2.47. The maximum atomic E-state index is 10.3. The molecule has 0 radical (unpaired) electrons. The van der Waals surface area contributed by atoms with Gasteiger partial charge in [-0.25, -0.2) is 0 Å². The van der Waals surface area contributed by atoms with E-state index in [9.17, 15) is 10.2 Å². The maximum Gasteiger partial charge on any atom is 0.103 e. The average Bonchev–Trinajstić information content (AvgIpc) is 2.35. The summed E-state index contributed by atoms with van der Waals surface area (Å²) in [5, 5.41) is 20.1. The number of piperidine rings is 1. The highest BCUT2D eigenvalue weighted by atomic mass is 16.3. The lowest BCUT2D eigenvalue weighted by molar-refractivity contribution is -0.124. The Morgan fingerprint density at radius 1 is 1.35 bits per heavy atom. The van der Waals surface area contributed by atoms with E-state index < -0.39 is 11.7 Å². The number of likely N-dealkylation sites (tertiary alicyclic amines) is 1. The smallest absolute Gasteiger partial charge is 0.103 e. The van der Waals surface area contributed by atoms with Crippen molar-refractivity contribution in [2.45, 2.75) is 38.0 Å². The first-order valence-corrected chi connectivity index (χ1v) is 6.31. The van der Waals surface area contributed by atoms with Gasteiger partial charge < -0.3 is 10.2 Å². The predicted octanol–water partition coefficient (Wildman–Crippen LogP) is 1.39. The molecule has 17 heavy (non-hydrogen) atoms. The molecule has 2 atom stereocenters. The number of nitrogens with zero attached hydrogens (tertiary/aromatic N) is 1. The van der Waals surface area contributed by atoms with Gasteiger partial charge in [0.05, 0.1) is 6.10 Å². The topological polar surface area (TPSA) is 43.7 Å². The zero-order chi connectivity index (χ0) is 12.3. The molecule has 1 aliphatic rings. The monoisotopic (exact) mass is 235 g/mol. The Labute approximate surface area is 103 Å². The zero-order valence-electron chi connectivity index (χ0n) is 10.3. The van der Waals surface area contributed by atoms with Gasteiger partial charge in [-0.2, -0.15) is 0 Å². The Bertz CT molecular complexity index is 354. The second-order valence-corrected chi connectivity index (χ2v) is 4.96. The second kappa shape index (κ2) is 5.17. The molecule has 0 spiro atoms. The zero-order valence-corrected chi connectivity index (χ0v) is 10.3. The summed E-state index contributed by atoms with van der Waals surface area (Å²) >= 11 is 0. The molecule has 2 N–H and O–H groups in total. The van der Waals surface area contributed by atoms with E-state index in [2.05, 4.69) is 17.0 Å². The van der Waals surface area contributed by atoms with Gasteiger partial charge in [0.25, 0.3) is 0 Å². The molecule has 1 saturated heterocycles. The number of hydrogen-bond acceptors (Lipinski definition) is 3. The Kier molecular flexibility index (Phi) is 3.82. The molecule has 1 fully saturated rings. The van der Waals surface area contributed by atoms with E-state index in [-0.39, 0.29) is 0 Å². The summed E-state index contributed by atoms with van der Waals surface area (Å²) in [7, 11) is 0. The Hall–Kier alpha value is -0.900. The first-order chi connectivity index (χ1) is 8.14. The molecule has 1 heterocycles. The first kappa shape index (κ1) is 12.6. The molecule has 3 nitrogen and oxygen atoms in total. The SMILES string of the molecule is CCC1(O)CN(Cc2ccccc2)CCC1O. The summed E-state index contributed by atoms with van der Waals surface area (Å²) in [5.41, 5.74) is 0.315. The number of aliphatic hydroxyl groups is 2. The molecular weight excluding hydrogens is 214 g/mol. The van der Waals surface area contributed by atoms with Gasteiger partial charge in [0.2, 0.25) is 0 Å². The van der Waals surface area contributed by atoms with Crippen molar-refractivity contribution in [3.63, 3.8) is 0 Å². The van der Waals surface area contributed by atoms with Crippen molar-refractivity contribution in [2.75, 3.05) is 13.1 Å². The van der Waals surface area contributed by atoms with Crippen molar-refractivity contribution < 1.29 is 10.2 Å². The van der Waals surface area contributed by atoms with Gasteiger partial charge in [0.1, 0.15) is 5.60 Å². The lowest BCUT2D eigenvalue weighted by Crippen LogP contribution is -2.56. The lowest BCUT2D eigenvalue weighted by Gasteiger charge is -2.42. The predicted molar refractivity (Wildman–Crippen MR) is 67.6 cm³/mol. The van der Waals surface area contributed by atoms with Gasteiger partial charge in [-0.15, -0.1) is 0 Å². The van der Waals surface area contributed by atoms with Crippen LogP contribution in [0.1, 0.15) is 25.3 Å². The number of hydrogen-bond donors (Lipinski definition) is 2. The summed E-state index contributed by atoms with van der Waals surface area (Å²) in [6, 6.07) is 10.2. The van der Waals surface area contributed by atoms with Crippen LogP contribution in [0.2, 0.25) is 0 Å². The van der Waals surface area contributed by atoms with E-state index in [4.69, 9.17) is 0 Å². The minimum Gasteiger partial charge on any atom is -0.390 e. The molecule has 94 valence electrons. The highest BCUT2D eigenvalue weighted by molar-refractivity contribution is 5.14. The van der Waals surface area contributed by atoms with Crippen molar-refractivity contribution in [3.8, 4) is 0 Å². The molecule has 1 aromatic carbocycles. The molecule has 1 aromatic rings. The molecule has 2 unspecified atom stereocenters. The molecule has 0 amide bonds. The largest absolute Gasteiger partial charge is 0.390 e. The van der Waals surface area contributed by atoms with Crippen molar-refractivity contribution >= 4 is 0 Å². The lowest BCUT2D eigenvalue weighted by atomic mass is 9.87. The standard InChI is InChI=1S/C14H21NO2/c1-2-14(17)11-15(9-8-13(14)16)10-12-6-4-3-5-7-12/h3-7,13,16-17H,2,8-11H2,1H3. The maximum absolute atomic E-state index is 10.3. The molecule has 1 aliphatic heterocycles. The van der Waals surface area contributed by atoms with Crippen LogP contribution in [-0.4, -0.2) is 39.9 Å². The summed E-state index contributed by atoms with van der Waals surface area (Å²) in [6.07, 6.45) is 0.663. The van der Waals surface area contributed by atoms with Crippen molar-refractivity contribution in [1.29, 1.82) is 0 Å². The van der Waals surface area contributed by atoms with Crippen LogP contribution >= 0.6 is 0 Å². The van der Waals surface area contributed by atoms with Gasteiger partial charge in [-0.05, 0) is 18.4 Å². The molecule has 2 rings (SSSR count). The van der Waals surface area contributed by atoms with E-state index >= 15 is 0 Å². The molecule has 0 aliphatic carbocycles. The fraction of sp³-hybridized carbons (Fsp3) is 0.571. The Morgan fingerprint density at radius 3 is 2.71 bits per heavy atom. The third kappa shape index (κ3) is 2.86. The molecule has 3 heteroatoms. The van der Waals surface area contributed by atoms with Gasteiger partial charge in [0.15, 0.2) is 0 Å². The molecule has 0 saturated carbocycles. The second-order valence-electron chi connectivity index (χ2n) is 4.96. The van der Waals surface area contributed by atoms with Crippen molar-refractivity contribution in [2.24, 2.45) is 0 Å². The van der Waals surface area contributed by atoms with E-state index in [0.29, 0.717) is 19.4 Å². The van der Waals surface area contributed by atoms with Crippen molar-refractivity contribution in [3.05, 3.63) is 35.9 Å². The highest BCUT2D eigenvalue weighted by Gasteiger charge is 2.39. The summed E-state index contributed by atoms with van der Waals surface area (Å²) in [4.78, 5) is 2.21. The number of rotatable bonds is 3. The average molecular weight is 235 g/mol. The van der Waals surface area contributed by atoms with Crippen LogP contribution in [0.5, 0.6) is 0 Å². The molecule has 0 bridgehead atoms.